The topological polar surface area (TPSA) is 180 Å². The Bertz CT molecular complexity index is 885. The highest BCUT2D eigenvalue weighted by Crippen LogP contribution is 2.09. The first-order chi connectivity index (χ1) is 16.1. The third-order valence-corrected chi connectivity index (χ3v) is 5.56. The SMILES string of the molecule is CC(C)[C@H](NC(=O)[C@@H]1CCCN1)C(=O)N[C@@H](CC(N)=O)C(=O)N[C@@H](Cc1ccccc1)C(=O)O. The maximum absolute atomic E-state index is 12.9. The second kappa shape index (κ2) is 12.7. The summed E-state index contributed by atoms with van der Waals surface area (Å²) < 4.78 is 0. The van der Waals surface area contributed by atoms with Crippen LogP contribution in [0.25, 0.3) is 0 Å². The minimum absolute atomic E-state index is 0.0121. The fourth-order valence-corrected chi connectivity index (χ4v) is 3.69. The van der Waals surface area contributed by atoms with Gasteiger partial charge >= 0.3 is 5.97 Å². The Labute approximate surface area is 198 Å². The number of rotatable bonds is 12. The standard InChI is InChI=1S/C23H33N5O6/c1-13(2)19(28-20(30)15-9-6-10-25-15)22(32)26-16(12-18(24)29)21(31)27-17(23(33)34)11-14-7-4-3-5-8-14/h3-5,7-8,13,15-17,19,25H,6,9-12H2,1-2H3,(H2,24,29)(H,26,32)(H,27,31)(H,28,30)(H,33,34)/t15-,16-,17-,19-/m0/s1. The molecular formula is C23H33N5O6. The van der Waals surface area contributed by atoms with Gasteiger partial charge in [0.2, 0.25) is 23.6 Å². The van der Waals surface area contributed by atoms with Crippen molar-refractivity contribution in [1.29, 1.82) is 0 Å². The number of primary amides is 1. The summed E-state index contributed by atoms with van der Waals surface area (Å²) in [6.07, 6.45) is 0.991. The highest BCUT2D eigenvalue weighted by molar-refractivity contribution is 5.96. The van der Waals surface area contributed by atoms with E-state index in [2.05, 4.69) is 21.3 Å². The van der Waals surface area contributed by atoms with Crippen molar-refractivity contribution in [1.82, 2.24) is 21.3 Å². The molecule has 4 amide bonds. The molecular weight excluding hydrogens is 442 g/mol. The van der Waals surface area contributed by atoms with Crippen LogP contribution in [-0.4, -0.2) is 65.4 Å². The fraction of sp³-hybridized carbons (Fsp3) is 0.522. The monoisotopic (exact) mass is 475 g/mol. The minimum atomic E-state index is -1.40. The van der Waals surface area contributed by atoms with Crippen molar-refractivity contribution in [3.8, 4) is 0 Å². The normalized spacial score (nSPS) is 17.9. The Morgan fingerprint density at radius 2 is 1.68 bits per heavy atom. The molecule has 1 heterocycles. The molecule has 0 unspecified atom stereocenters. The first kappa shape index (κ1) is 26.8. The number of nitrogens with two attached hydrogens (primary N) is 1. The number of amides is 4. The third-order valence-electron chi connectivity index (χ3n) is 5.56. The summed E-state index contributed by atoms with van der Waals surface area (Å²) >= 11 is 0. The van der Waals surface area contributed by atoms with Crippen molar-refractivity contribution < 1.29 is 29.1 Å². The Balaban J connectivity index is 2.10. The lowest BCUT2D eigenvalue weighted by molar-refractivity contribution is -0.142. The molecule has 0 bridgehead atoms. The van der Waals surface area contributed by atoms with Gasteiger partial charge in [0.15, 0.2) is 0 Å². The highest BCUT2D eigenvalue weighted by Gasteiger charge is 2.33. The molecule has 0 spiro atoms. The van der Waals surface area contributed by atoms with E-state index >= 15 is 0 Å². The van der Waals surface area contributed by atoms with Crippen molar-refractivity contribution in [3.05, 3.63) is 35.9 Å². The number of hydrogen-bond acceptors (Lipinski definition) is 6. The lowest BCUT2D eigenvalue weighted by Crippen LogP contribution is -2.59. The van der Waals surface area contributed by atoms with E-state index in [9.17, 15) is 29.1 Å². The van der Waals surface area contributed by atoms with Crippen LogP contribution in [0.4, 0.5) is 0 Å². The summed E-state index contributed by atoms with van der Waals surface area (Å²) in [5.41, 5.74) is 5.94. The molecule has 1 fully saturated rings. The Morgan fingerprint density at radius 1 is 1.03 bits per heavy atom. The second-order valence-electron chi connectivity index (χ2n) is 8.70. The summed E-state index contributed by atoms with van der Waals surface area (Å²) in [4.78, 5) is 61.5. The van der Waals surface area contributed by atoms with Crippen molar-refractivity contribution in [3.63, 3.8) is 0 Å². The number of benzene rings is 1. The van der Waals surface area contributed by atoms with Crippen LogP contribution in [-0.2, 0) is 30.4 Å². The maximum Gasteiger partial charge on any atom is 0.326 e. The van der Waals surface area contributed by atoms with Gasteiger partial charge in [0.25, 0.3) is 0 Å². The van der Waals surface area contributed by atoms with Gasteiger partial charge in [-0.05, 0) is 30.9 Å². The number of carbonyl (C=O) groups excluding carboxylic acids is 4. The van der Waals surface area contributed by atoms with Gasteiger partial charge in [-0.15, -0.1) is 0 Å². The van der Waals surface area contributed by atoms with Crippen LogP contribution < -0.4 is 27.0 Å². The van der Waals surface area contributed by atoms with Crippen LogP contribution in [0.2, 0.25) is 0 Å². The predicted octanol–water partition coefficient (Wildman–Crippen LogP) is -0.948. The summed E-state index contributed by atoms with van der Waals surface area (Å²) in [6.45, 7) is 4.18. The van der Waals surface area contributed by atoms with E-state index in [1.807, 2.05) is 0 Å². The predicted molar refractivity (Wildman–Crippen MR) is 123 cm³/mol. The molecule has 2 rings (SSSR count). The summed E-state index contributed by atoms with van der Waals surface area (Å²) in [6, 6.07) is 4.68. The molecule has 0 aliphatic carbocycles. The number of nitrogens with one attached hydrogen (secondary N) is 4. The molecule has 34 heavy (non-hydrogen) atoms. The molecule has 11 heteroatoms. The van der Waals surface area contributed by atoms with Gasteiger partial charge in [-0.25, -0.2) is 4.79 Å². The van der Waals surface area contributed by atoms with E-state index in [1.165, 1.54) is 0 Å². The fourth-order valence-electron chi connectivity index (χ4n) is 3.69. The number of carboxylic acid groups (broad SMARTS) is 1. The van der Waals surface area contributed by atoms with E-state index in [0.29, 0.717) is 18.5 Å². The minimum Gasteiger partial charge on any atom is -0.480 e. The van der Waals surface area contributed by atoms with E-state index in [4.69, 9.17) is 5.73 Å². The molecule has 0 saturated carbocycles. The Morgan fingerprint density at radius 3 is 2.21 bits per heavy atom. The molecule has 1 aliphatic rings. The van der Waals surface area contributed by atoms with Gasteiger partial charge in [0.1, 0.15) is 18.1 Å². The Hall–Kier alpha value is -3.47. The molecule has 1 aromatic rings. The van der Waals surface area contributed by atoms with Crippen molar-refractivity contribution in [2.75, 3.05) is 6.54 Å². The maximum atomic E-state index is 12.9. The number of aliphatic carboxylic acids is 1. The highest BCUT2D eigenvalue weighted by atomic mass is 16.4. The van der Waals surface area contributed by atoms with Gasteiger partial charge in [-0.3, -0.25) is 19.2 Å². The van der Waals surface area contributed by atoms with Crippen LogP contribution in [0.5, 0.6) is 0 Å². The van der Waals surface area contributed by atoms with E-state index in [1.54, 1.807) is 44.2 Å². The van der Waals surface area contributed by atoms with Gasteiger partial charge in [-0.2, -0.15) is 0 Å². The first-order valence-electron chi connectivity index (χ1n) is 11.3. The quantitative estimate of drug-likeness (QED) is 0.225. The average Bonchev–Trinajstić information content (AvgIpc) is 3.31. The molecule has 11 nitrogen and oxygen atoms in total. The zero-order valence-electron chi connectivity index (χ0n) is 19.4. The van der Waals surface area contributed by atoms with Crippen LogP contribution in [0.3, 0.4) is 0 Å². The van der Waals surface area contributed by atoms with Gasteiger partial charge in [-0.1, -0.05) is 44.2 Å². The molecule has 1 aromatic carbocycles. The molecule has 0 aromatic heterocycles. The molecule has 1 aliphatic heterocycles. The third kappa shape index (κ3) is 8.14. The first-order valence-corrected chi connectivity index (χ1v) is 11.3. The summed E-state index contributed by atoms with van der Waals surface area (Å²) in [7, 11) is 0. The molecule has 0 radical (unpaired) electrons. The number of carbonyl (C=O) groups is 5. The number of carboxylic acids is 1. The van der Waals surface area contributed by atoms with Crippen molar-refractivity contribution in [2.45, 2.75) is 63.7 Å². The lowest BCUT2D eigenvalue weighted by Gasteiger charge is -2.26. The summed E-state index contributed by atoms with van der Waals surface area (Å²) in [5, 5.41) is 20.1. The van der Waals surface area contributed by atoms with Crippen LogP contribution in [0.1, 0.15) is 38.7 Å². The zero-order chi connectivity index (χ0) is 25.3. The van der Waals surface area contributed by atoms with Gasteiger partial charge in [0.05, 0.1) is 12.5 Å². The van der Waals surface area contributed by atoms with Gasteiger partial charge in [0, 0.05) is 6.42 Å². The second-order valence-corrected chi connectivity index (χ2v) is 8.70. The molecule has 1 saturated heterocycles. The summed E-state index contributed by atoms with van der Waals surface area (Å²) in [5.74, 6) is -4.28. The molecule has 7 N–H and O–H groups in total. The van der Waals surface area contributed by atoms with Crippen molar-refractivity contribution in [2.24, 2.45) is 11.7 Å². The average molecular weight is 476 g/mol. The van der Waals surface area contributed by atoms with Gasteiger partial charge < -0.3 is 32.1 Å². The van der Waals surface area contributed by atoms with Crippen LogP contribution in [0.15, 0.2) is 30.3 Å². The van der Waals surface area contributed by atoms with Crippen LogP contribution in [0, 0.1) is 5.92 Å². The largest absolute Gasteiger partial charge is 0.480 e. The Kier molecular flexibility index (Phi) is 9.99. The van der Waals surface area contributed by atoms with E-state index in [0.717, 1.165) is 6.42 Å². The van der Waals surface area contributed by atoms with Crippen molar-refractivity contribution >= 4 is 29.6 Å². The van der Waals surface area contributed by atoms with E-state index < -0.39 is 54.3 Å². The zero-order valence-corrected chi connectivity index (χ0v) is 19.4. The van der Waals surface area contributed by atoms with Crippen LogP contribution >= 0.6 is 0 Å². The van der Waals surface area contributed by atoms with E-state index in [-0.39, 0.29) is 18.2 Å². The number of hydrogen-bond donors (Lipinski definition) is 6. The lowest BCUT2D eigenvalue weighted by atomic mass is 10.0. The molecule has 186 valence electrons. The molecule has 4 atom stereocenters. The smallest absolute Gasteiger partial charge is 0.326 e.